The first-order chi connectivity index (χ1) is 10.1. The van der Waals surface area contributed by atoms with Gasteiger partial charge in [0.15, 0.2) is 0 Å². The molecule has 3 atom stereocenters. The van der Waals surface area contributed by atoms with Crippen molar-refractivity contribution in [1.29, 1.82) is 0 Å². The first-order valence-electron chi connectivity index (χ1n) is 9.10. The maximum atomic E-state index is 3.62. The van der Waals surface area contributed by atoms with Gasteiger partial charge in [0, 0.05) is 55.9 Å². The molecular weight excluding hydrogens is 272 g/mol. The summed E-state index contributed by atoms with van der Waals surface area (Å²) >= 11 is 0. The summed E-state index contributed by atoms with van der Waals surface area (Å²) < 4.78 is 0. The smallest absolute Gasteiger partial charge is 0.0169 e. The van der Waals surface area contributed by atoms with Crippen LogP contribution in [0, 0.1) is 0 Å². The van der Waals surface area contributed by atoms with Gasteiger partial charge >= 0.3 is 0 Å². The van der Waals surface area contributed by atoms with Crippen molar-refractivity contribution in [2.75, 3.05) is 19.6 Å². The summed E-state index contributed by atoms with van der Waals surface area (Å²) in [6, 6.07) is 3.14. The number of rotatable bonds is 12. The Morgan fingerprint density at radius 1 is 0.500 bits per heavy atom. The monoisotopic (exact) mass is 314 g/mol. The molecule has 4 heteroatoms. The average Bonchev–Trinajstić information content (AvgIpc) is 2.23. The quantitative estimate of drug-likeness (QED) is 0.517. The van der Waals surface area contributed by atoms with Crippen LogP contribution in [0.1, 0.15) is 62.3 Å². The highest BCUT2D eigenvalue weighted by Crippen LogP contribution is 2.01. The number of hydrogen-bond acceptors (Lipinski definition) is 4. The van der Waals surface area contributed by atoms with E-state index in [-0.39, 0.29) is 0 Å². The van der Waals surface area contributed by atoms with Gasteiger partial charge in [-0.25, -0.2) is 0 Å². The molecule has 0 saturated heterocycles. The van der Waals surface area contributed by atoms with E-state index in [9.17, 15) is 0 Å². The minimum Gasteiger partial charge on any atom is -0.311 e. The van der Waals surface area contributed by atoms with Crippen LogP contribution in [0.3, 0.4) is 0 Å². The second-order valence-corrected chi connectivity index (χ2v) is 7.89. The minimum absolute atomic E-state index is 0.512. The third-order valence-electron chi connectivity index (χ3n) is 3.45. The van der Waals surface area contributed by atoms with Gasteiger partial charge in [0.1, 0.15) is 0 Å². The summed E-state index contributed by atoms with van der Waals surface area (Å²) in [4.78, 5) is 2.58. The van der Waals surface area contributed by atoms with Crippen molar-refractivity contribution >= 4 is 0 Å². The highest BCUT2D eigenvalue weighted by Gasteiger charge is 2.17. The molecule has 0 rings (SSSR count). The predicted molar refractivity (Wildman–Crippen MR) is 99.6 cm³/mol. The summed E-state index contributed by atoms with van der Waals surface area (Å²) in [5.41, 5.74) is 0. The molecular formula is C18H42N4. The average molecular weight is 315 g/mol. The van der Waals surface area contributed by atoms with Crippen LogP contribution in [-0.4, -0.2) is 60.8 Å². The van der Waals surface area contributed by atoms with Crippen molar-refractivity contribution in [3.8, 4) is 0 Å². The molecule has 0 saturated carbocycles. The molecule has 0 aromatic rings. The second-order valence-electron chi connectivity index (χ2n) is 7.89. The van der Waals surface area contributed by atoms with Gasteiger partial charge < -0.3 is 16.0 Å². The Morgan fingerprint density at radius 3 is 0.909 bits per heavy atom. The minimum atomic E-state index is 0.512. The molecule has 0 heterocycles. The number of nitrogens with zero attached hydrogens (tertiary/aromatic N) is 1. The van der Waals surface area contributed by atoms with Crippen LogP contribution >= 0.6 is 0 Å². The number of nitrogens with one attached hydrogen (secondary N) is 3. The molecule has 3 N–H and O–H groups in total. The van der Waals surface area contributed by atoms with E-state index in [2.05, 4.69) is 83.2 Å². The number of hydrogen-bond donors (Lipinski definition) is 3. The van der Waals surface area contributed by atoms with E-state index in [1.807, 2.05) is 0 Å². The van der Waals surface area contributed by atoms with Gasteiger partial charge in [-0.1, -0.05) is 41.5 Å². The standard InChI is InChI=1S/C18H42N4/c1-13(2)19-16(7)10-22(11-17(8)20-14(3)4)12-18(9)21-15(5)6/h13-21H,10-12H2,1-9H3. The van der Waals surface area contributed by atoms with Crippen LogP contribution in [0.15, 0.2) is 0 Å². The van der Waals surface area contributed by atoms with Crippen molar-refractivity contribution in [3.63, 3.8) is 0 Å². The summed E-state index contributed by atoms with van der Waals surface area (Å²) in [6.07, 6.45) is 0. The molecule has 0 radical (unpaired) electrons. The Hall–Kier alpha value is -0.160. The third-order valence-corrected chi connectivity index (χ3v) is 3.45. The van der Waals surface area contributed by atoms with E-state index < -0.39 is 0 Å². The Balaban J connectivity index is 4.53. The van der Waals surface area contributed by atoms with Gasteiger partial charge in [0.2, 0.25) is 0 Å². The van der Waals surface area contributed by atoms with Gasteiger partial charge in [-0.05, 0) is 20.8 Å². The molecule has 4 nitrogen and oxygen atoms in total. The van der Waals surface area contributed by atoms with Gasteiger partial charge in [0.05, 0.1) is 0 Å². The lowest BCUT2D eigenvalue weighted by Crippen LogP contribution is -2.51. The van der Waals surface area contributed by atoms with Crippen molar-refractivity contribution in [2.45, 2.75) is 98.6 Å². The first kappa shape index (κ1) is 21.8. The molecule has 0 spiro atoms. The van der Waals surface area contributed by atoms with Crippen molar-refractivity contribution < 1.29 is 0 Å². The van der Waals surface area contributed by atoms with Crippen LogP contribution in [0.5, 0.6) is 0 Å². The molecule has 22 heavy (non-hydrogen) atoms. The van der Waals surface area contributed by atoms with Gasteiger partial charge in [-0.3, -0.25) is 4.90 Å². The molecule has 0 bridgehead atoms. The van der Waals surface area contributed by atoms with Crippen molar-refractivity contribution in [3.05, 3.63) is 0 Å². The van der Waals surface area contributed by atoms with E-state index in [1.54, 1.807) is 0 Å². The SMILES string of the molecule is CC(C)NC(C)CN(CC(C)NC(C)C)CC(C)NC(C)C. The normalized spacial score (nSPS) is 16.8. The van der Waals surface area contributed by atoms with Crippen LogP contribution in [-0.2, 0) is 0 Å². The highest BCUT2D eigenvalue weighted by atomic mass is 15.2. The molecule has 0 aliphatic heterocycles. The summed E-state index contributed by atoms with van der Waals surface area (Å²) in [7, 11) is 0. The second kappa shape index (κ2) is 11.4. The highest BCUT2D eigenvalue weighted by molar-refractivity contribution is 4.78. The summed E-state index contributed by atoms with van der Waals surface area (Å²) in [5, 5.41) is 10.9. The molecule has 0 amide bonds. The van der Waals surface area contributed by atoms with Crippen LogP contribution < -0.4 is 16.0 Å². The molecule has 0 aromatic carbocycles. The Morgan fingerprint density at radius 2 is 0.727 bits per heavy atom. The zero-order valence-electron chi connectivity index (χ0n) is 16.5. The summed E-state index contributed by atoms with van der Waals surface area (Å²) in [6.45, 7) is 23.4. The van der Waals surface area contributed by atoms with Crippen LogP contribution in [0.25, 0.3) is 0 Å². The lowest BCUT2D eigenvalue weighted by atomic mass is 10.2. The lowest BCUT2D eigenvalue weighted by Gasteiger charge is -2.33. The fourth-order valence-electron chi connectivity index (χ4n) is 3.25. The first-order valence-corrected chi connectivity index (χ1v) is 9.10. The maximum absolute atomic E-state index is 3.62. The van der Waals surface area contributed by atoms with Crippen LogP contribution in [0.4, 0.5) is 0 Å². The fraction of sp³-hybridized carbons (Fsp3) is 1.00. The topological polar surface area (TPSA) is 39.3 Å². The van der Waals surface area contributed by atoms with Gasteiger partial charge in [-0.2, -0.15) is 0 Å². The lowest BCUT2D eigenvalue weighted by molar-refractivity contribution is 0.199. The van der Waals surface area contributed by atoms with Gasteiger partial charge in [-0.15, -0.1) is 0 Å². The molecule has 0 aliphatic carbocycles. The Kier molecular flexibility index (Phi) is 11.3. The maximum Gasteiger partial charge on any atom is 0.0169 e. The van der Waals surface area contributed by atoms with E-state index in [0.29, 0.717) is 36.3 Å². The van der Waals surface area contributed by atoms with E-state index >= 15 is 0 Å². The van der Waals surface area contributed by atoms with Crippen LogP contribution in [0.2, 0.25) is 0 Å². The molecule has 0 fully saturated rings. The molecule has 0 aliphatic rings. The van der Waals surface area contributed by atoms with E-state index in [1.165, 1.54) is 0 Å². The predicted octanol–water partition coefficient (Wildman–Crippen LogP) is 2.45. The third kappa shape index (κ3) is 12.4. The zero-order valence-corrected chi connectivity index (χ0v) is 16.5. The zero-order chi connectivity index (χ0) is 17.3. The molecule has 0 aromatic heterocycles. The van der Waals surface area contributed by atoms with E-state index in [0.717, 1.165) is 19.6 Å². The largest absolute Gasteiger partial charge is 0.311 e. The Bertz CT molecular complexity index is 223. The summed E-state index contributed by atoms with van der Waals surface area (Å²) in [5.74, 6) is 0. The fourth-order valence-corrected chi connectivity index (χ4v) is 3.25. The van der Waals surface area contributed by atoms with E-state index in [4.69, 9.17) is 0 Å². The van der Waals surface area contributed by atoms with Crippen molar-refractivity contribution in [2.24, 2.45) is 0 Å². The Labute approximate surface area is 139 Å². The molecule has 3 unspecified atom stereocenters. The van der Waals surface area contributed by atoms with Crippen molar-refractivity contribution in [1.82, 2.24) is 20.9 Å². The molecule has 134 valence electrons. The van der Waals surface area contributed by atoms with Gasteiger partial charge in [0.25, 0.3) is 0 Å².